The molecule has 2 N–H and O–H groups in total. The highest BCUT2D eigenvalue weighted by Crippen LogP contribution is 2.28. The molecule has 60 heavy (non-hydrogen) atoms. The average Bonchev–Trinajstić information content (AvgIpc) is 4.12. The zero-order valence-corrected chi connectivity index (χ0v) is 33.9. The molecule has 4 aliphatic heterocycles. The Morgan fingerprint density at radius 2 is 1.35 bits per heavy atom. The number of carbonyl (C=O) groups is 2. The van der Waals surface area contributed by atoms with Crippen LogP contribution in [0.5, 0.6) is 0 Å². The highest BCUT2D eigenvalue weighted by molar-refractivity contribution is 5.98. The van der Waals surface area contributed by atoms with E-state index in [0.29, 0.717) is 95.9 Å². The molecule has 2 amide bonds. The first-order valence-corrected chi connectivity index (χ1v) is 20.4. The molecule has 10 rings (SSSR count). The van der Waals surface area contributed by atoms with Gasteiger partial charge in [0.25, 0.3) is 11.8 Å². The van der Waals surface area contributed by atoms with E-state index in [-0.39, 0.29) is 30.6 Å². The van der Waals surface area contributed by atoms with Crippen LogP contribution in [-0.2, 0) is 23.2 Å². The maximum absolute atomic E-state index is 14.1. The molecule has 0 aromatic carbocycles. The second-order valence-electron chi connectivity index (χ2n) is 15.9. The van der Waals surface area contributed by atoms with Gasteiger partial charge in [0.05, 0.1) is 51.4 Å². The van der Waals surface area contributed by atoms with Gasteiger partial charge in [0.15, 0.2) is 23.6 Å². The lowest BCUT2D eigenvalue weighted by Gasteiger charge is -2.25. The lowest BCUT2D eigenvalue weighted by molar-refractivity contribution is -0.691. The number of hydrogen-bond donors (Lipinski definition) is 2. The van der Waals surface area contributed by atoms with Crippen LogP contribution in [0.25, 0.3) is 46.4 Å². The number of aromatic nitrogens is 12. The first kappa shape index (κ1) is 37.7. The summed E-state index contributed by atoms with van der Waals surface area (Å²) in [6.45, 7) is 4.44. The van der Waals surface area contributed by atoms with Gasteiger partial charge in [-0.1, -0.05) is 4.98 Å². The van der Waals surface area contributed by atoms with Crippen molar-refractivity contribution in [3.05, 3.63) is 58.7 Å². The van der Waals surface area contributed by atoms with Gasteiger partial charge in [-0.25, -0.2) is 19.2 Å². The van der Waals surface area contributed by atoms with E-state index in [4.69, 9.17) is 24.5 Å². The molecule has 2 saturated heterocycles. The number of carbonyl (C=O) groups excluding carboxylic acids is 2. The summed E-state index contributed by atoms with van der Waals surface area (Å²) in [5.41, 5.74) is 6.02. The number of rotatable bonds is 2. The Morgan fingerprint density at radius 3 is 2.07 bits per heavy atom. The number of nitrogens with zero attached hydrogens (tertiary/aromatic N) is 14. The molecule has 20 nitrogen and oxygen atoms in total. The lowest BCUT2D eigenvalue weighted by Crippen LogP contribution is -2.48. The Hall–Kier alpha value is -6.54. The maximum Gasteiger partial charge on any atom is 0.396 e. The molecular weight excluding hydrogens is 769 g/mol. The summed E-state index contributed by atoms with van der Waals surface area (Å²) in [5, 5.41) is 24.8. The highest BCUT2D eigenvalue weighted by Gasteiger charge is 2.36. The predicted molar refractivity (Wildman–Crippen MR) is 221 cm³/mol. The zero-order chi connectivity index (χ0) is 40.9. The van der Waals surface area contributed by atoms with Crippen molar-refractivity contribution in [2.24, 2.45) is 7.05 Å². The molecule has 1 unspecified atom stereocenters. The minimum absolute atomic E-state index is 0.0490. The van der Waals surface area contributed by atoms with Crippen LogP contribution in [-0.4, -0.2) is 155 Å². The minimum atomic E-state index is -0.221. The van der Waals surface area contributed by atoms with E-state index in [0.717, 1.165) is 50.2 Å². The minimum Gasteiger partial charge on any atom is -0.377 e. The van der Waals surface area contributed by atoms with Gasteiger partial charge < -0.3 is 24.2 Å². The molecule has 4 bridgehead atoms. The summed E-state index contributed by atoms with van der Waals surface area (Å²) < 4.78 is 17.8. The van der Waals surface area contributed by atoms with E-state index in [9.17, 15) is 9.59 Å². The summed E-state index contributed by atoms with van der Waals surface area (Å²) in [6, 6.07) is 0.200. The average molecular weight is 816 g/mol. The van der Waals surface area contributed by atoms with Crippen LogP contribution in [0.3, 0.4) is 0 Å². The number of aromatic amines is 2. The summed E-state index contributed by atoms with van der Waals surface area (Å²) in [6.07, 6.45) is 18.8. The topological polar surface area (TPSA) is 201 Å². The summed E-state index contributed by atoms with van der Waals surface area (Å²) in [7, 11) is 5.34. The second kappa shape index (κ2) is 15.6. The summed E-state index contributed by atoms with van der Waals surface area (Å²) in [4.78, 5) is 50.2. The monoisotopic (exact) mass is 815 g/mol. The number of ether oxygens (including phenoxy) is 2. The molecular formula is C40H47N16O4+. The fourth-order valence-electron chi connectivity index (χ4n) is 8.51. The molecule has 6 aromatic heterocycles. The van der Waals surface area contributed by atoms with Gasteiger partial charge >= 0.3 is 5.95 Å². The van der Waals surface area contributed by atoms with Crippen molar-refractivity contribution in [3.8, 4) is 0 Å². The van der Waals surface area contributed by atoms with E-state index in [1.54, 1.807) is 46.5 Å². The van der Waals surface area contributed by atoms with E-state index in [1.165, 1.54) is 0 Å². The van der Waals surface area contributed by atoms with Crippen LogP contribution >= 0.6 is 0 Å². The Morgan fingerprint density at radius 1 is 0.733 bits per heavy atom. The Bertz CT molecular complexity index is 2660. The molecule has 0 aliphatic carbocycles. The fourth-order valence-corrected chi connectivity index (χ4v) is 8.51. The standard InChI is InChI=1S/C40H46N16O4/c1-50-14-17-60-23-28-7-5-13-56(28)40-43-36-30(10-8-25-19-52(3)48-33(25)37(50)57)45-47-32(36)21-53(40)24-54-20-26-9-11-29-35-31(46-44-29)18-41-39(42-35)55-12-4-6-27(55)22-59-16-15-51(2)38(58)34(26)49-54/h8-11,18-21,27-28H,4-7,12-17,22-24H2,1-3H3,(H,41,42,44,46)/p+1/b10-8+,11-9+/t27-,28?/m1/s1. The van der Waals surface area contributed by atoms with Crippen molar-refractivity contribution < 1.29 is 23.6 Å². The predicted octanol–water partition coefficient (Wildman–Crippen LogP) is 1.83. The number of likely N-dealkylation sites (N-methyl/N-ethyl adjacent to an activating group) is 2. The molecule has 4 aliphatic rings. The number of anilines is 2. The first-order valence-electron chi connectivity index (χ1n) is 20.4. The van der Waals surface area contributed by atoms with Gasteiger partial charge in [-0.05, 0) is 50.0 Å². The van der Waals surface area contributed by atoms with Crippen molar-refractivity contribution >= 4 is 70.1 Å². The SMILES string of the molecule is CN1CCOCC2CCCN2c2nc3c(n[nH]c3c[n+]2Cn2cc3c(n2)C(=O)N(C)CCOC[C@H]2CCCN2c2ncc4[nH]nc(c4n2)/C=C/3)/C=C/c2cn(C)nc2C1=O. The number of nitrogens with one attached hydrogen (secondary N) is 2. The second-order valence-corrected chi connectivity index (χ2v) is 15.9. The van der Waals surface area contributed by atoms with Crippen molar-refractivity contribution in [3.63, 3.8) is 0 Å². The van der Waals surface area contributed by atoms with Gasteiger partial charge in [-0.15, -0.1) is 0 Å². The fraction of sp³-hybridized carbons (Fsp3) is 0.450. The third kappa shape index (κ3) is 7.04. The highest BCUT2D eigenvalue weighted by atomic mass is 16.5. The van der Waals surface area contributed by atoms with Gasteiger partial charge in [0, 0.05) is 64.3 Å². The lowest BCUT2D eigenvalue weighted by atomic mass is 10.2. The zero-order valence-electron chi connectivity index (χ0n) is 33.9. The van der Waals surface area contributed by atoms with E-state index >= 15 is 0 Å². The largest absolute Gasteiger partial charge is 0.396 e. The summed E-state index contributed by atoms with van der Waals surface area (Å²) in [5.74, 6) is 0.985. The van der Waals surface area contributed by atoms with Crippen molar-refractivity contribution in [1.82, 2.24) is 64.7 Å². The van der Waals surface area contributed by atoms with Crippen molar-refractivity contribution in [1.29, 1.82) is 0 Å². The Balaban J connectivity index is 1.03. The third-order valence-corrected chi connectivity index (χ3v) is 11.8. The molecule has 2 atom stereocenters. The van der Waals surface area contributed by atoms with Crippen LogP contribution in [0.1, 0.15) is 69.2 Å². The normalized spacial score (nSPS) is 21.6. The molecule has 10 heterocycles. The molecule has 20 heteroatoms. The van der Waals surface area contributed by atoms with Gasteiger partial charge in [-0.2, -0.15) is 20.4 Å². The molecule has 6 aromatic rings. The molecule has 0 saturated carbocycles. The third-order valence-electron chi connectivity index (χ3n) is 11.8. The number of amides is 2. The van der Waals surface area contributed by atoms with E-state index in [2.05, 4.69) is 40.3 Å². The summed E-state index contributed by atoms with van der Waals surface area (Å²) >= 11 is 0. The number of hydrogen-bond acceptors (Lipinski definition) is 13. The quantitative estimate of drug-likeness (QED) is 0.240. The number of aryl methyl sites for hydroxylation is 1. The number of H-pyrrole nitrogens is 2. The Labute approximate surface area is 344 Å². The smallest absolute Gasteiger partial charge is 0.377 e. The number of fused-ring (bicyclic) bond motifs is 8. The van der Waals surface area contributed by atoms with Crippen LogP contribution in [0.2, 0.25) is 0 Å². The first-order chi connectivity index (χ1) is 29.3. The van der Waals surface area contributed by atoms with Crippen LogP contribution in [0.4, 0.5) is 11.9 Å². The maximum atomic E-state index is 14.1. The van der Waals surface area contributed by atoms with Gasteiger partial charge in [-0.3, -0.25) is 29.4 Å². The molecule has 0 spiro atoms. The van der Waals surface area contributed by atoms with Crippen LogP contribution in [0, 0.1) is 0 Å². The Kier molecular flexibility index (Phi) is 9.79. The molecule has 0 radical (unpaired) electrons. The van der Waals surface area contributed by atoms with Crippen LogP contribution < -0.4 is 14.4 Å². The van der Waals surface area contributed by atoms with Crippen LogP contribution in [0.15, 0.2) is 24.8 Å². The van der Waals surface area contributed by atoms with Crippen molar-refractivity contribution in [2.75, 3.05) is 76.5 Å². The van der Waals surface area contributed by atoms with Crippen molar-refractivity contribution in [2.45, 2.75) is 44.4 Å². The molecule has 310 valence electrons. The van der Waals surface area contributed by atoms with Gasteiger partial charge in [0.2, 0.25) is 5.95 Å². The molecule has 2 fully saturated rings. The van der Waals surface area contributed by atoms with Gasteiger partial charge in [0.1, 0.15) is 34.0 Å². The van der Waals surface area contributed by atoms with E-state index in [1.807, 2.05) is 47.5 Å². The van der Waals surface area contributed by atoms with E-state index < -0.39 is 0 Å².